The van der Waals surface area contributed by atoms with Crippen molar-refractivity contribution in [3.63, 3.8) is 0 Å². The topological polar surface area (TPSA) is 96.3 Å². The quantitative estimate of drug-likeness (QED) is 0.448. The number of methoxy groups -OCH3 is 1. The van der Waals surface area contributed by atoms with Gasteiger partial charge in [-0.05, 0) is 48.4 Å². The predicted octanol–water partition coefficient (Wildman–Crippen LogP) is 2.78. The molecule has 0 radical (unpaired) electrons. The highest BCUT2D eigenvalue weighted by atomic mass is 16.5. The molecule has 2 aliphatic rings. The Morgan fingerprint density at radius 2 is 2.03 bits per heavy atom. The number of phenolic OH excluding ortho intramolecular Hbond substituents is 1. The molecule has 7 nitrogen and oxygen atoms in total. The number of aliphatic hydroxyl groups is 1. The van der Waals surface area contributed by atoms with E-state index in [2.05, 4.69) is 0 Å². The molecule has 1 amide bonds. The molecule has 1 fully saturated rings. The first-order chi connectivity index (χ1) is 14.4. The van der Waals surface area contributed by atoms with E-state index in [1.165, 1.54) is 24.1 Å². The third-order valence-corrected chi connectivity index (χ3v) is 5.43. The second-order valence-corrected chi connectivity index (χ2v) is 7.54. The van der Waals surface area contributed by atoms with Crippen LogP contribution in [-0.4, -0.2) is 53.2 Å². The lowest BCUT2D eigenvalue weighted by Crippen LogP contribution is -2.32. The van der Waals surface area contributed by atoms with Gasteiger partial charge in [0.05, 0.1) is 18.2 Å². The minimum atomic E-state index is -0.823. The number of nitrogens with zero attached hydrogens (tertiary/aromatic N) is 1. The number of benzene rings is 2. The van der Waals surface area contributed by atoms with E-state index in [9.17, 15) is 19.8 Å². The number of rotatable bonds is 5. The lowest BCUT2D eigenvalue weighted by Gasteiger charge is -2.25. The number of fused-ring (bicyclic) bond motifs is 1. The Labute approximate surface area is 174 Å². The number of amides is 1. The molecule has 156 valence electrons. The van der Waals surface area contributed by atoms with E-state index in [1.807, 2.05) is 6.92 Å². The van der Waals surface area contributed by atoms with Crippen LogP contribution in [0.2, 0.25) is 0 Å². The summed E-state index contributed by atoms with van der Waals surface area (Å²) in [5.74, 6) is -0.955. The van der Waals surface area contributed by atoms with E-state index < -0.39 is 17.7 Å². The molecule has 0 spiro atoms. The molecule has 1 saturated heterocycles. The third-order valence-electron chi connectivity index (χ3n) is 5.43. The fourth-order valence-corrected chi connectivity index (χ4v) is 4.07. The number of carbonyl (C=O) groups excluding carboxylic acids is 2. The summed E-state index contributed by atoms with van der Waals surface area (Å²) in [5.41, 5.74) is 1.91. The van der Waals surface area contributed by atoms with Crippen LogP contribution in [0.1, 0.15) is 29.7 Å². The number of ketones is 1. The summed E-state index contributed by atoms with van der Waals surface area (Å²) in [7, 11) is 1.51. The summed E-state index contributed by atoms with van der Waals surface area (Å²) in [6.07, 6.45) is 0.749. The predicted molar refractivity (Wildman–Crippen MR) is 109 cm³/mol. The van der Waals surface area contributed by atoms with Crippen LogP contribution in [-0.2, 0) is 20.7 Å². The Morgan fingerprint density at radius 1 is 1.23 bits per heavy atom. The molecule has 30 heavy (non-hydrogen) atoms. The highest BCUT2D eigenvalue weighted by Crippen LogP contribution is 2.41. The molecule has 2 aromatic rings. The number of hydrogen-bond acceptors (Lipinski definition) is 6. The number of Topliss-reactive ketones (excluding diaryl/α,β-unsaturated/α-hetero) is 1. The molecule has 2 aromatic carbocycles. The Morgan fingerprint density at radius 3 is 2.77 bits per heavy atom. The normalized spacial score (nSPS) is 22.3. The molecule has 0 saturated carbocycles. The molecule has 2 atom stereocenters. The Kier molecular flexibility index (Phi) is 5.22. The Balaban J connectivity index is 1.83. The van der Waals surface area contributed by atoms with Crippen LogP contribution >= 0.6 is 0 Å². The third kappa shape index (κ3) is 3.41. The second-order valence-electron chi connectivity index (χ2n) is 7.54. The molecule has 0 unspecified atom stereocenters. The maximum absolute atomic E-state index is 12.9. The molecular formula is C23H23NO6. The molecule has 0 bridgehead atoms. The SMILES string of the molecule is COCCN1C(=O)C(=O)C(=C(O)c2ccc3c(c2)C[C@H](C)O3)[C@@H]1c1cccc(O)c1. The maximum Gasteiger partial charge on any atom is 0.295 e. The van der Waals surface area contributed by atoms with E-state index in [0.29, 0.717) is 17.5 Å². The fourth-order valence-electron chi connectivity index (χ4n) is 4.07. The summed E-state index contributed by atoms with van der Waals surface area (Å²) in [6.45, 7) is 2.37. The minimum absolute atomic E-state index is 0.00591. The van der Waals surface area contributed by atoms with Gasteiger partial charge in [0.1, 0.15) is 23.4 Å². The number of aliphatic hydroxyl groups excluding tert-OH is 1. The van der Waals surface area contributed by atoms with Gasteiger partial charge < -0.3 is 24.6 Å². The van der Waals surface area contributed by atoms with Crippen molar-refractivity contribution < 1.29 is 29.3 Å². The van der Waals surface area contributed by atoms with Gasteiger partial charge >= 0.3 is 0 Å². The average Bonchev–Trinajstić information content (AvgIpc) is 3.22. The zero-order chi connectivity index (χ0) is 21.4. The van der Waals surface area contributed by atoms with Crippen LogP contribution in [0.25, 0.3) is 5.76 Å². The van der Waals surface area contributed by atoms with Crippen LogP contribution in [0.3, 0.4) is 0 Å². The van der Waals surface area contributed by atoms with Gasteiger partial charge in [-0.25, -0.2) is 0 Å². The standard InChI is InChI=1S/C23H23NO6/c1-13-10-16-11-15(6-7-18(16)30-13)21(26)19-20(14-4-3-5-17(25)12-14)24(8-9-29-2)23(28)22(19)27/h3-7,11-13,20,25-26H,8-10H2,1-2H3/t13-,20-/m0/s1. The van der Waals surface area contributed by atoms with Crippen molar-refractivity contribution in [1.29, 1.82) is 0 Å². The number of carbonyl (C=O) groups is 2. The lowest BCUT2D eigenvalue weighted by atomic mass is 9.94. The van der Waals surface area contributed by atoms with E-state index >= 15 is 0 Å². The van der Waals surface area contributed by atoms with Crippen molar-refractivity contribution in [2.45, 2.75) is 25.5 Å². The summed E-state index contributed by atoms with van der Waals surface area (Å²) in [4.78, 5) is 27.0. The first kappa shape index (κ1) is 20.0. The number of ether oxygens (including phenoxy) is 2. The van der Waals surface area contributed by atoms with Gasteiger partial charge in [0.25, 0.3) is 11.7 Å². The van der Waals surface area contributed by atoms with E-state index in [1.54, 1.807) is 30.3 Å². The molecule has 2 aliphatic heterocycles. The summed E-state index contributed by atoms with van der Waals surface area (Å²) in [5, 5.41) is 21.0. The smallest absolute Gasteiger partial charge is 0.295 e. The molecular weight excluding hydrogens is 386 g/mol. The highest BCUT2D eigenvalue weighted by molar-refractivity contribution is 6.46. The van der Waals surface area contributed by atoms with Crippen LogP contribution < -0.4 is 4.74 Å². The van der Waals surface area contributed by atoms with Crippen LogP contribution in [0.15, 0.2) is 48.0 Å². The van der Waals surface area contributed by atoms with Crippen molar-refractivity contribution in [3.8, 4) is 11.5 Å². The number of hydrogen-bond donors (Lipinski definition) is 2. The molecule has 4 rings (SSSR count). The molecule has 7 heteroatoms. The first-order valence-corrected chi connectivity index (χ1v) is 9.77. The maximum atomic E-state index is 12.9. The van der Waals surface area contributed by atoms with Crippen LogP contribution in [0, 0.1) is 0 Å². The van der Waals surface area contributed by atoms with Gasteiger partial charge in [0.2, 0.25) is 0 Å². The molecule has 0 aliphatic carbocycles. The van der Waals surface area contributed by atoms with Crippen molar-refractivity contribution >= 4 is 17.4 Å². The molecule has 2 heterocycles. The van der Waals surface area contributed by atoms with Gasteiger partial charge in [0.15, 0.2) is 0 Å². The zero-order valence-corrected chi connectivity index (χ0v) is 16.8. The fraction of sp³-hybridized carbons (Fsp3) is 0.304. The van der Waals surface area contributed by atoms with Gasteiger partial charge in [-0.2, -0.15) is 0 Å². The van der Waals surface area contributed by atoms with Crippen LogP contribution in [0.4, 0.5) is 0 Å². The summed E-state index contributed by atoms with van der Waals surface area (Å²) >= 11 is 0. The molecule has 2 N–H and O–H groups in total. The van der Waals surface area contributed by atoms with Gasteiger partial charge in [-0.3, -0.25) is 9.59 Å². The van der Waals surface area contributed by atoms with Crippen molar-refractivity contribution in [3.05, 3.63) is 64.7 Å². The van der Waals surface area contributed by atoms with Gasteiger partial charge in [0, 0.05) is 25.6 Å². The van der Waals surface area contributed by atoms with Gasteiger partial charge in [-0.15, -0.1) is 0 Å². The average molecular weight is 409 g/mol. The Bertz CT molecular complexity index is 1040. The zero-order valence-electron chi connectivity index (χ0n) is 16.8. The monoisotopic (exact) mass is 409 g/mol. The summed E-state index contributed by atoms with van der Waals surface area (Å²) < 4.78 is 10.8. The summed E-state index contributed by atoms with van der Waals surface area (Å²) in [6, 6.07) is 10.7. The Hall–Kier alpha value is -3.32. The van der Waals surface area contributed by atoms with Crippen molar-refractivity contribution in [2.75, 3.05) is 20.3 Å². The number of likely N-dealkylation sites (tertiary alicyclic amines) is 1. The molecule has 0 aromatic heterocycles. The van der Waals surface area contributed by atoms with Crippen LogP contribution in [0.5, 0.6) is 11.5 Å². The number of aromatic hydroxyl groups is 1. The van der Waals surface area contributed by atoms with Gasteiger partial charge in [-0.1, -0.05) is 12.1 Å². The van der Waals surface area contributed by atoms with E-state index in [0.717, 1.165) is 11.3 Å². The van der Waals surface area contributed by atoms with Crippen molar-refractivity contribution in [1.82, 2.24) is 4.90 Å². The van der Waals surface area contributed by atoms with E-state index in [-0.39, 0.29) is 36.3 Å². The minimum Gasteiger partial charge on any atom is -0.508 e. The lowest BCUT2D eigenvalue weighted by molar-refractivity contribution is -0.140. The number of phenols is 1. The first-order valence-electron chi connectivity index (χ1n) is 9.77. The van der Waals surface area contributed by atoms with E-state index in [4.69, 9.17) is 9.47 Å². The van der Waals surface area contributed by atoms with Crippen molar-refractivity contribution in [2.24, 2.45) is 0 Å². The largest absolute Gasteiger partial charge is 0.508 e. The second kappa shape index (κ2) is 7.84. The highest BCUT2D eigenvalue weighted by Gasteiger charge is 2.46.